The first kappa shape index (κ1) is 23.5. The maximum atomic E-state index is 12.7. The molecule has 162 valence electrons. The highest BCUT2D eigenvalue weighted by atomic mass is 32.2. The van der Waals surface area contributed by atoms with E-state index in [0.717, 1.165) is 5.69 Å². The van der Waals surface area contributed by atoms with Crippen molar-refractivity contribution in [2.75, 3.05) is 23.7 Å². The molecule has 9 heteroatoms. The van der Waals surface area contributed by atoms with E-state index in [0.29, 0.717) is 25.2 Å². The Kier molecular flexibility index (Phi) is 8.54. The molecular weight excluding hydrogens is 404 g/mol. The molecule has 1 aromatic carbocycles. The van der Waals surface area contributed by atoms with Gasteiger partial charge in [0.1, 0.15) is 5.92 Å². The van der Waals surface area contributed by atoms with E-state index in [2.05, 4.69) is 10.6 Å². The SMILES string of the molecule is CCN1C(=O)C(CCNc2cccc(NC(=O)C(C)C)c2)SC1CC(C#N)C(=O)O. The van der Waals surface area contributed by atoms with E-state index < -0.39 is 11.9 Å². The van der Waals surface area contributed by atoms with Gasteiger partial charge < -0.3 is 20.6 Å². The molecule has 3 atom stereocenters. The van der Waals surface area contributed by atoms with E-state index in [1.54, 1.807) is 11.0 Å². The molecule has 0 aromatic heterocycles. The van der Waals surface area contributed by atoms with E-state index in [1.165, 1.54) is 11.8 Å². The Morgan fingerprint density at radius 3 is 2.63 bits per heavy atom. The molecule has 3 unspecified atom stereocenters. The molecule has 1 aliphatic rings. The van der Waals surface area contributed by atoms with Crippen LogP contribution in [0.15, 0.2) is 24.3 Å². The van der Waals surface area contributed by atoms with Gasteiger partial charge in [-0.05, 0) is 31.5 Å². The monoisotopic (exact) mass is 432 g/mol. The number of nitrogens with one attached hydrogen (secondary N) is 2. The van der Waals surface area contributed by atoms with Gasteiger partial charge in [-0.1, -0.05) is 19.9 Å². The van der Waals surface area contributed by atoms with E-state index in [-0.39, 0.29) is 34.8 Å². The van der Waals surface area contributed by atoms with Crippen LogP contribution in [0.5, 0.6) is 0 Å². The smallest absolute Gasteiger partial charge is 0.321 e. The second-order valence-electron chi connectivity index (χ2n) is 7.40. The van der Waals surface area contributed by atoms with Crippen LogP contribution >= 0.6 is 11.8 Å². The maximum absolute atomic E-state index is 12.7. The molecule has 30 heavy (non-hydrogen) atoms. The quantitative estimate of drug-likeness (QED) is 0.519. The van der Waals surface area contributed by atoms with Crippen molar-refractivity contribution >= 4 is 40.9 Å². The summed E-state index contributed by atoms with van der Waals surface area (Å²) in [6, 6.07) is 9.19. The number of amides is 2. The number of benzene rings is 1. The minimum Gasteiger partial charge on any atom is -0.480 e. The molecule has 1 fully saturated rings. The number of carboxylic acid groups (broad SMARTS) is 1. The number of hydrogen-bond acceptors (Lipinski definition) is 6. The predicted molar refractivity (Wildman–Crippen MR) is 117 cm³/mol. The molecular formula is C21H28N4O4S. The van der Waals surface area contributed by atoms with Gasteiger partial charge in [0.25, 0.3) is 0 Å². The summed E-state index contributed by atoms with van der Waals surface area (Å²) in [5, 5.41) is 23.7. The highest BCUT2D eigenvalue weighted by Crippen LogP contribution is 2.36. The number of nitriles is 1. The topological polar surface area (TPSA) is 123 Å². The first-order chi connectivity index (χ1) is 14.3. The van der Waals surface area contributed by atoms with Crippen molar-refractivity contribution in [1.29, 1.82) is 5.26 Å². The minimum atomic E-state index is -1.16. The van der Waals surface area contributed by atoms with Gasteiger partial charge in [-0.3, -0.25) is 14.4 Å². The minimum absolute atomic E-state index is 0.0191. The van der Waals surface area contributed by atoms with Crippen LogP contribution in [0.4, 0.5) is 11.4 Å². The van der Waals surface area contributed by atoms with Crippen molar-refractivity contribution in [2.45, 2.75) is 44.2 Å². The van der Waals surface area contributed by atoms with Crippen LogP contribution in [0.25, 0.3) is 0 Å². The molecule has 0 radical (unpaired) electrons. The zero-order valence-electron chi connectivity index (χ0n) is 17.4. The zero-order valence-corrected chi connectivity index (χ0v) is 18.2. The Morgan fingerprint density at radius 2 is 2.03 bits per heavy atom. The standard InChI is InChI=1S/C21H28N4O4S/c1-4-25-18(10-14(12-22)21(28)29)30-17(20(25)27)8-9-23-15-6-5-7-16(11-15)24-19(26)13(2)3/h5-7,11,13-14,17-18,23H,4,8-10H2,1-3H3,(H,24,26)(H,28,29). The number of aliphatic carboxylic acids is 1. The zero-order chi connectivity index (χ0) is 22.3. The van der Waals surface area contributed by atoms with Crippen LogP contribution < -0.4 is 10.6 Å². The van der Waals surface area contributed by atoms with E-state index in [9.17, 15) is 14.4 Å². The van der Waals surface area contributed by atoms with Crippen LogP contribution in [-0.4, -0.2) is 51.5 Å². The fourth-order valence-corrected chi connectivity index (χ4v) is 4.72. The van der Waals surface area contributed by atoms with Gasteiger partial charge in [0.15, 0.2) is 0 Å². The summed E-state index contributed by atoms with van der Waals surface area (Å²) in [6.45, 7) is 6.54. The number of carboxylic acids is 1. The van der Waals surface area contributed by atoms with Crippen molar-refractivity contribution in [3.63, 3.8) is 0 Å². The number of hydrogen-bond donors (Lipinski definition) is 3. The lowest BCUT2D eigenvalue weighted by atomic mass is 10.1. The number of anilines is 2. The summed E-state index contributed by atoms with van der Waals surface area (Å²) in [5.74, 6) is -2.46. The fourth-order valence-electron chi connectivity index (χ4n) is 3.13. The van der Waals surface area contributed by atoms with Gasteiger partial charge in [0.05, 0.1) is 16.7 Å². The summed E-state index contributed by atoms with van der Waals surface area (Å²) in [5.41, 5.74) is 1.55. The van der Waals surface area contributed by atoms with Crippen LogP contribution in [0, 0.1) is 23.2 Å². The Bertz CT molecular complexity index is 823. The highest BCUT2D eigenvalue weighted by molar-refractivity contribution is 8.01. The molecule has 1 saturated heterocycles. The second-order valence-corrected chi connectivity index (χ2v) is 8.78. The van der Waals surface area contributed by atoms with Gasteiger partial charge in [-0.15, -0.1) is 11.8 Å². The number of nitrogens with zero attached hydrogens (tertiary/aromatic N) is 2. The third-order valence-corrected chi connectivity index (χ3v) is 6.38. The molecule has 3 N–H and O–H groups in total. The molecule has 1 heterocycles. The van der Waals surface area contributed by atoms with Crippen LogP contribution in [0.1, 0.15) is 33.6 Å². The Balaban J connectivity index is 1.91. The molecule has 2 amide bonds. The molecule has 1 aliphatic heterocycles. The van der Waals surface area contributed by atoms with Crippen molar-refractivity contribution < 1.29 is 19.5 Å². The first-order valence-corrected chi connectivity index (χ1v) is 10.9. The van der Waals surface area contributed by atoms with Crippen molar-refractivity contribution in [3.05, 3.63) is 24.3 Å². The lowest BCUT2D eigenvalue weighted by Gasteiger charge is -2.22. The van der Waals surface area contributed by atoms with Gasteiger partial charge in [0.2, 0.25) is 11.8 Å². The summed E-state index contributed by atoms with van der Waals surface area (Å²) in [6.07, 6.45) is 0.695. The average Bonchev–Trinajstić information content (AvgIpc) is 3.00. The number of carbonyl (C=O) groups is 3. The number of thioether (sulfide) groups is 1. The van der Waals surface area contributed by atoms with Gasteiger partial charge in [-0.2, -0.15) is 5.26 Å². The Hall–Kier alpha value is -2.73. The summed E-state index contributed by atoms with van der Waals surface area (Å²) in [7, 11) is 0. The molecule has 8 nitrogen and oxygen atoms in total. The van der Waals surface area contributed by atoms with Crippen LogP contribution in [0.2, 0.25) is 0 Å². The van der Waals surface area contributed by atoms with Crippen LogP contribution in [0.3, 0.4) is 0 Å². The lowest BCUT2D eigenvalue weighted by molar-refractivity contribution is -0.141. The summed E-state index contributed by atoms with van der Waals surface area (Å²) < 4.78 is 0. The largest absolute Gasteiger partial charge is 0.480 e. The Morgan fingerprint density at radius 1 is 1.33 bits per heavy atom. The number of rotatable bonds is 10. The van der Waals surface area contributed by atoms with E-state index in [1.807, 2.05) is 45.0 Å². The summed E-state index contributed by atoms with van der Waals surface area (Å²) >= 11 is 1.43. The van der Waals surface area contributed by atoms with Crippen molar-refractivity contribution in [3.8, 4) is 6.07 Å². The van der Waals surface area contributed by atoms with E-state index in [4.69, 9.17) is 10.4 Å². The molecule has 1 aromatic rings. The molecule has 0 bridgehead atoms. The first-order valence-electron chi connectivity index (χ1n) is 10.00. The lowest BCUT2D eigenvalue weighted by Crippen LogP contribution is -2.36. The fraction of sp³-hybridized carbons (Fsp3) is 0.524. The summed E-state index contributed by atoms with van der Waals surface area (Å²) in [4.78, 5) is 37.3. The van der Waals surface area contributed by atoms with Crippen molar-refractivity contribution in [1.82, 2.24) is 4.90 Å². The van der Waals surface area contributed by atoms with Crippen LogP contribution in [-0.2, 0) is 14.4 Å². The maximum Gasteiger partial charge on any atom is 0.321 e. The van der Waals surface area contributed by atoms with Gasteiger partial charge >= 0.3 is 5.97 Å². The normalized spacial score (nSPS) is 19.4. The highest BCUT2D eigenvalue weighted by Gasteiger charge is 2.40. The van der Waals surface area contributed by atoms with Gasteiger partial charge in [-0.25, -0.2) is 0 Å². The third-order valence-electron chi connectivity index (χ3n) is 4.85. The van der Waals surface area contributed by atoms with Gasteiger partial charge in [0, 0.05) is 36.8 Å². The second kappa shape index (κ2) is 10.9. The Labute approximate surface area is 181 Å². The molecule has 0 aliphatic carbocycles. The molecule has 0 spiro atoms. The van der Waals surface area contributed by atoms with E-state index >= 15 is 0 Å². The van der Waals surface area contributed by atoms with Crippen molar-refractivity contribution in [2.24, 2.45) is 11.8 Å². The number of carbonyl (C=O) groups excluding carboxylic acids is 2. The molecule has 0 saturated carbocycles. The molecule has 2 rings (SSSR count). The average molecular weight is 433 g/mol. The predicted octanol–water partition coefficient (Wildman–Crippen LogP) is 2.99. The third kappa shape index (κ3) is 6.13.